The van der Waals surface area contributed by atoms with E-state index in [4.69, 9.17) is 4.74 Å². The van der Waals surface area contributed by atoms with Gasteiger partial charge in [-0.05, 0) is 51.1 Å². The fourth-order valence-corrected chi connectivity index (χ4v) is 3.44. The molecule has 0 amide bonds. The van der Waals surface area contributed by atoms with E-state index in [1.807, 2.05) is 7.11 Å². The summed E-state index contributed by atoms with van der Waals surface area (Å²) < 4.78 is 5.44. The maximum absolute atomic E-state index is 5.44. The SMILES string of the molecule is COC1CCC(NC2CCN(CC(C)C)CC2)C1. The summed E-state index contributed by atoms with van der Waals surface area (Å²) in [6, 6.07) is 1.45. The molecule has 1 saturated heterocycles. The quantitative estimate of drug-likeness (QED) is 0.814. The molecule has 1 saturated carbocycles. The first kappa shape index (κ1) is 14.3. The maximum atomic E-state index is 5.44. The van der Waals surface area contributed by atoms with Gasteiger partial charge in [-0.25, -0.2) is 0 Å². The molecule has 3 nitrogen and oxygen atoms in total. The van der Waals surface area contributed by atoms with Gasteiger partial charge < -0.3 is 15.0 Å². The fraction of sp³-hybridized carbons (Fsp3) is 1.00. The van der Waals surface area contributed by atoms with Crippen LogP contribution in [0.3, 0.4) is 0 Å². The van der Waals surface area contributed by atoms with Crippen LogP contribution in [0.4, 0.5) is 0 Å². The number of likely N-dealkylation sites (tertiary alicyclic amines) is 1. The topological polar surface area (TPSA) is 24.5 Å². The van der Waals surface area contributed by atoms with Crippen molar-refractivity contribution < 1.29 is 4.74 Å². The minimum Gasteiger partial charge on any atom is -0.381 e. The lowest BCUT2D eigenvalue weighted by molar-refractivity contribution is 0.105. The molecule has 0 aromatic rings. The third-order valence-corrected chi connectivity index (χ3v) is 4.40. The van der Waals surface area contributed by atoms with Crippen molar-refractivity contribution in [1.29, 1.82) is 0 Å². The van der Waals surface area contributed by atoms with Gasteiger partial charge in [0, 0.05) is 25.7 Å². The van der Waals surface area contributed by atoms with Crippen LogP contribution < -0.4 is 5.32 Å². The smallest absolute Gasteiger partial charge is 0.0586 e. The van der Waals surface area contributed by atoms with E-state index < -0.39 is 0 Å². The Hall–Kier alpha value is -0.120. The van der Waals surface area contributed by atoms with Crippen molar-refractivity contribution in [3.05, 3.63) is 0 Å². The molecule has 2 unspecified atom stereocenters. The zero-order valence-corrected chi connectivity index (χ0v) is 12.3. The van der Waals surface area contributed by atoms with Gasteiger partial charge in [0.25, 0.3) is 0 Å². The molecule has 0 bridgehead atoms. The number of hydrogen-bond donors (Lipinski definition) is 1. The summed E-state index contributed by atoms with van der Waals surface area (Å²) in [6.07, 6.45) is 6.89. The van der Waals surface area contributed by atoms with E-state index in [0.29, 0.717) is 12.1 Å². The summed E-state index contributed by atoms with van der Waals surface area (Å²) in [5.74, 6) is 0.798. The lowest BCUT2D eigenvalue weighted by atomic mass is 10.0. The van der Waals surface area contributed by atoms with Crippen molar-refractivity contribution in [2.75, 3.05) is 26.7 Å². The molecule has 106 valence electrons. The highest BCUT2D eigenvalue weighted by atomic mass is 16.5. The van der Waals surface area contributed by atoms with Gasteiger partial charge in [0.2, 0.25) is 0 Å². The minimum absolute atomic E-state index is 0.503. The van der Waals surface area contributed by atoms with Gasteiger partial charge in [0.1, 0.15) is 0 Å². The molecule has 18 heavy (non-hydrogen) atoms. The highest BCUT2D eigenvalue weighted by Gasteiger charge is 2.27. The third kappa shape index (κ3) is 4.22. The fourth-order valence-electron chi connectivity index (χ4n) is 3.44. The molecular formula is C15H30N2O. The predicted octanol–water partition coefficient (Wildman–Crippen LogP) is 2.26. The van der Waals surface area contributed by atoms with E-state index in [2.05, 4.69) is 24.1 Å². The first-order chi connectivity index (χ1) is 8.67. The number of piperidine rings is 1. The van der Waals surface area contributed by atoms with Crippen LogP contribution in [0.25, 0.3) is 0 Å². The summed E-state index contributed by atoms with van der Waals surface area (Å²) in [5.41, 5.74) is 0. The average molecular weight is 254 g/mol. The Labute approximate surface area is 112 Å². The van der Waals surface area contributed by atoms with Crippen LogP contribution >= 0.6 is 0 Å². The summed E-state index contributed by atoms with van der Waals surface area (Å²) in [6.45, 7) is 8.44. The second-order valence-electron chi connectivity index (χ2n) is 6.50. The van der Waals surface area contributed by atoms with Crippen LogP contribution in [-0.4, -0.2) is 49.8 Å². The second kappa shape index (κ2) is 6.88. The third-order valence-electron chi connectivity index (χ3n) is 4.40. The molecule has 2 fully saturated rings. The summed E-state index contributed by atoms with van der Waals surface area (Å²) in [4.78, 5) is 2.62. The number of rotatable bonds is 5. The van der Waals surface area contributed by atoms with E-state index in [1.165, 1.54) is 51.7 Å². The molecule has 1 N–H and O–H groups in total. The average Bonchev–Trinajstić information content (AvgIpc) is 2.79. The molecule has 0 radical (unpaired) electrons. The van der Waals surface area contributed by atoms with Crippen LogP contribution in [0.1, 0.15) is 46.0 Å². The number of ether oxygens (including phenoxy) is 1. The zero-order valence-electron chi connectivity index (χ0n) is 12.3. The number of hydrogen-bond acceptors (Lipinski definition) is 3. The molecule has 0 aromatic carbocycles. The molecule has 1 heterocycles. The standard InChI is InChI=1S/C15H30N2O/c1-12(2)11-17-8-6-13(7-9-17)16-14-4-5-15(10-14)18-3/h12-16H,4-11H2,1-3H3. The van der Waals surface area contributed by atoms with E-state index in [9.17, 15) is 0 Å². The molecule has 2 aliphatic rings. The van der Waals surface area contributed by atoms with Gasteiger partial charge in [-0.3, -0.25) is 0 Å². The molecule has 0 spiro atoms. The first-order valence-electron chi connectivity index (χ1n) is 7.68. The van der Waals surface area contributed by atoms with Crippen molar-refractivity contribution in [3.63, 3.8) is 0 Å². The largest absolute Gasteiger partial charge is 0.381 e. The van der Waals surface area contributed by atoms with Crippen molar-refractivity contribution >= 4 is 0 Å². The van der Waals surface area contributed by atoms with E-state index in [1.54, 1.807) is 0 Å². The lowest BCUT2D eigenvalue weighted by Crippen LogP contribution is -2.46. The summed E-state index contributed by atoms with van der Waals surface area (Å²) in [7, 11) is 1.84. The second-order valence-corrected chi connectivity index (χ2v) is 6.50. The highest BCUT2D eigenvalue weighted by Crippen LogP contribution is 2.23. The van der Waals surface area contributed by atoms with Crippen LogP contribution in [-0.2, 0) is 4.74 Å². The molecule has 0 aromatic heterocycles. The number of methoxy groups -OCH3 is 1. The van der Waals surface area contributed by atoms with Crippen molar-refractivity contribution in [2.45, 2.75) is 64.1 Å². The Bertz CT molecular complexity index is 237. The summed E-state index contributed by atoms with van der Waals surface area (Å²) in [5, 5.41) is 3.85. The normalized spacial score (nSPS) is 31.3. The van der Waals surface area contributed by atoms with Crippen LogP contribution in [0.2, 0.25) is 0 Å². The van der Waals surface area contributed by atoms with Crippen LogP contribution in [0.5, 0.6) is 0 Å². The maximum Gasteiger partial charge on any atom is 0.0586 e. The van der Waals surface area contributed by atoms with Gasteiger partial charge in [0.05, 0.1) is 6.10 Å². The van der Waals surface area contributed by atoms with Crippen molar-refractivity contribution in [1.82, 2.24) is 10.2 Å². The predicted molar refractivity (Wildman–Crippen MR) is 75.9 cm³/mol. The first-order valence-corrected chi connectivity index (χ1v) is 7.68. The Morgan fingerprint density at radius 3 is 2.39 bits per heavy atom. The van der Waals surface area contributed by atoms with E-state index in [-0.39, 0.29) is 0 Å². The Balaban J connectivity index is 1.65. The van der Waals surface area contributed by atoms with Crippen LogP contribution in [0.15, 0.2) is 0 Å². The van der Waals surface area contributed by atoms with Gasteiger partial charge in [0.15, 0.2) is 0 Å². The minimum atomic E-state index is 0.503. The van der Waals surface area contributed by atoms with Gasteiger partial charge in [-0.2, -0.15) is 0 Å². The molecular weight excluding hydrogens is 224 g/mol. The van der Waals surface area contributed by atoms with E-state index >= 15 is 0 Å². The Morgan fingerprint density at radius 1 is 1.11 bits per heavy atom. The Kier molecular flexibility index (Phi) is 5.46. The lowest BCUT2D eigenvalue weighted by Gasteiger charge is -2.34. The zero-order chi connectivity index (χ0) is 13.0. The van der Waals surface area contributed by atoms with Crippen molar-refractivity contribution in [2.24, 2.45) is 5.92 Å². The monoisotopic (exact) mass is 254 g/mol. The highest BCUT2D eigenvalue weighted by molar-refractivity contribution is 4.86. The molecule has 3 heteroatoms. The van der Waals surface area contributed by atoms with Crippen LogP contribution in [0, 0.1) is 5.92 Å². The summed E-state index contributed by atoms with van der Waals surface area (Å²) >= 11 is 0. The van der Waals surface area contributed by atoms with E-state index in [0.717, 1.165) is 12.0 Å². The molecule has 1 aliphatic carbocycles. The van der Waals surface area contributed by atoms with Gasteiger partial charge in [-0.1, -0.05) is 13.8 Å². The molecule has 2 rings (SSSR count). The number of nitrogens with zero attached hydrogens (tertiary/aromatic N) is 1. The molecule has 2 atom stereocenters. The van der Waals surface area contributed by atoms with Gasteiger partial charge in [-0.15, -0.1) is 0 Å². The molecule has 1 aliphatic heterocycles. The van der Waals surface area contributed by atoms with Crippen molar-refractivity contribution in [3.8, 4) is 0 Å². The van der Waals surface area contributed by atoms with Gasteiger partial charge >= 0.3 is 0 Å². The number of nitrogens with one attached hydrogen (secondary N) is 1. The Morgan fingerprint density at radius 2 is 1.83 bits per heavy atom.